The molecule has 0 saturated carbocycles. The fraction of sp³-hybridized carbons (Fsp3) is 0. The molecule has 0 rings (SSSR count). The van der Waals surface area contributed by atoms with Gasteiger partial charge in [-0.2, -0.15) is 0 Å². The third kappa shape index (κ3) is 19.2. The summed E-state index contributed by atoms with van der Waals surface area (Å²) < 4.78 is 1.33. The number of hydrogen-bond acceptors (Lipinski definition) is 0. The van der Waals surface area contributed by atoms with Crippen LogP contribution in [0.15, 0.2) is 0 Å². The van der Waals surface area contributed by atoms with E-state index in [2.05, 4.69) is 67.8 Å². The standard InChI is InChI=1S/CI3.Pb.2H/c2-1(3)4;;;. The van der Waals surface area contributed by atoms with E-state index in [1.807, 2.05) is 0 Å². The molecule has 0 nitrogen and oxygen atoms in total. The zero-order valence-corrected chi connectivity index (χ0v) is 14.3. The van der Waals surface area contributed by atoms with Crippen molar-refractivity contribution in [2.24, 2.45) is 0 Å². The zero-order valence-electron chi connectivity index (χ0n) is 2.34. The Balaban J connectivity index is 0. The van der Waals surface area contributed by atoms with Gasteiger partial charge in [0.25, 0.3) is 0 Å². The van der Waals surface area contributed by atoms with E-state index in [0.717, 1.165) is 0 Å². The first-order valence-corrected chi connectivity index (χ1v) is 3.80. The van der Waals surface area contributed by atoms with Crippen LogP contribution < -0.4 is 0 Å². The van der Waals surface area contributed by atoms with Gasteiger partial charge in [0.2, 0.25) is 0 Å². The maximum absolute atomic E-state index is 2.23. The summed E-state index contributed by atoms with van der Waals surface area (Å²) in [5, 5.41) is 0. The molecule has 0 aliphatic rings. The van der Waals surface area contributed by atoms with E-state index in [1.54, 1.807) is 0 Å². The Bertz CT molecular complexity index is 11.6. The Morgan fingerprint density at radius 3 is 1.00 bits per heavy atom. The molecule has 0 fully saturated rings. The van der Waals surface area contributed by atoms with Crippen molar-refractivity contribution in [2.45, 2.75) is 0 Å². The minimum absolute atomic E-state index is 0. The molecule has 0 amide bonds. The summed E-state index contributed by atoms with van der Waals surface area (Å²) >= 11 is 6.70. The van der Waals surface area contributed by atoms with Crippen LogP contribution >= 0.6 is 67.8 Å². The Morgan fingerprint density at radius 2 is 1.00 bits per heavy atom. The molecule has 4 heteroatoms. The van der Waals surface area contributed by atoms with Crippen molar-refractivity contribution in [1.82, 2.24) is 0 Å². The van der Waals surface area contributed by atoms with Crippen LogP contribution in [0.1, 0.15) is 0 Å². The Morgan fingerprint density at radius 1 is 1.00 bits per heavy atom. The molecule has 0 N–H and O–H groups in total. The van der Waals surface area contributed by atoms with Crippen LogP contribution in [0.5, 0.6) is 0 Å². The van der Waals surface area contributed by atoms with E-state index in [-0.39, 0.29) is 27.3 Å². The molecule has 0 heterocycles. The third-order valence-electron chi connectivity index (χ3n) is 0. The van der Waals surface area contributed by atoms with Gasteiger partial charge >= 0.3 is 27.3 Å². The second-order valence-corrected chi connectivity index (χ2v) is 9.64. The van der Waals surface area contributed by atoms with Gasteiger partial charge in [0.1, 0.15) is 0 Å². The van der Waals surface area contributed by atoms with Gasteiger partial charge in [0.15, 0.2) is -0.0619 Å². The van der Waals surface area contributed by atoms with Crippen molar-refractivity contribution < 1.29 is 0 Å². The summed E-state index contributed by atoms with van der Waals surface area (Å²) in [6, 6.07) is 0. The van der Waals surface area contributed by atoms with Crippen LogP contribution in [0.2, 0.25) is 0 Å². The molecular weight excluding hydrogens is 600 g/mol. The molecule has 0 aromatic carbocycles. The van der Waals surface area contributed by atoms with Crippen molar-refractivity contribution >= 4 is 95.1 Å². The predicted molar refractivity (Wildman–Crippen MR) is 53.8 cm³/mol. The first kappa shape index (κ1) is 11.0. The predicted octanol–water partition coefficient (Wildman–Crippen LogP) is 1.82. The minimum atomic E-state index is 0. The van der Waals surface area contributed by atoms with Crippen LogP contribution in [0, 0.1) is -0.0619 Å². The first-order valence-electron chi connectivity index (χ1n) is 0.567. The summed E-state index contributed by atoms with van der Waals surface area (Å²) in [5.74, 6) is 0. The molecule has 0 bridgehead atoms. The topological polar surface area (TPSA) is 0 Å². The van der Waals surface area contributed by atoms with E-state index in [0.29, 0.717) is 0 Å². The molecule has 3 radical (unpaired) electrons. The van der Waals surface area contributed by atoms with Crippen LogP contribution in [0.3, 0.4) is 0 Å². The van der Waals surface area contributed by atoms with E-state index < -0.39 is 0 Å². The summed E-state index contributed by atoms with van der Waals surface area (Å²) in [6.07, 6.45) is 0. The summed E-state index contributed by atoms with van der Waals surface area (Å²) in [6.45, 7) is 0. The molecule has 5 heavy (non-hydrogen) atoms. The molecule has 0 aliphatic carbocycles. The quantitative estimate of drug-likeness (QED) is 0.294. The first-order chi connectivity index (χ1) is 1.73. The van der Waals surface area contributed by atoms with Crippen molar-refractivity contribution in [2.75, 3.05) is 0 Å². The van der Waals surface area contributed by atoms with Crippen molar-refractivity contribution in [3.8, 4) is 0 Å². The van der Waals surface area contributed by atoms with Crippen molar-refractivity contribution in [3.63, 3.8) is 0 Å². The number of rotatable bonds is 0. The fourth-order valence-corrected chi connectivity index (χ4v) is 0. The molecule has 31 valence electrons. The zero-order chi connectivity index (χ0) is 3.58. The van der Waals surface area contributed by atoms with Crippen LogP contribution in [0.25, 0.3) is 0 Å². The Kier molecular flexibility index (Phi) is 15.6. The summed E-state index contributed by atoms with van der Waals surface area (Å²) in [7, 11) is 0. The van der Waals surface area contributed by atoms with Crippen molar-refractivity contribution in [1.29, 1.82) is 0 Å². The molecule has 0 atom stereocenters. The van der Waals surface area contributed by atoms with Crippen LogP contribution in [0.4, 0.5) is 0 Å². The second kappa shape index (κ2) is 7.11. The van der Waals surface area contributed by atoms with Gasteiger partial charge in [-0.1, -0.05) is 67.8 Å². The number of hydrogen-bond donors (Lipinski definition) is 0. The third-order valence-corrected chi connectivity index (χ3v) is 0. The normalized spacial score (nSPS) is 7.20. The summed E-state index contributed by atoms with van der Waals surface area (Å²) in [4.78, 5) is 0. The average Bonchev–Trinajstić information content (AvgIpc) is 0.811. The SMILES string of the molecule is I[C](I)I.[PbH2]. The monoisotopic (exact) mass is 603 g/mol. The van der Waals surface area contributed by atoms with E-state index in [1.165, 1.54) is -0.0619 Å². The second-order valence-electron chi connectivity index (χ2n) is 0.214. The molecule has 0 saturated heterocycles. The van der Waals surface area contributed by atoms with Gasteiger partial charge in [-0.05, 0) is 0 Å². The summed E-state index contributed by atoms with van der Waals surface area (Å²) in [5.41, 5.74) is 0. The van der Waals surface area contributed by atoms with E-state index in [4.69, 9.17) is 0 Å². The molecule has 0 unspecified atom stereocenters. The maximum atomic E-state index is 2.23. The van der Waals surface area contributed by atoms with E-state index in [9.17, 15) is 0 Å². The fourth-order valence-electron chi connectivity index (χ4n) is 0. The Labute approximate surface area is 92.8 Å². The molecular formula is CH2I3Pb. The van der Waals surface area contributed by atoms with E-state index >= 15 is 0 Å². The van der Waals surface area contributed by atoms with Gasteiger partial charge in [-0.25, -0.2) is 0 Å². The average molecular weight is 602 g/mol. The van der Waals surface area contributed by atoms with Crippen LogP contribution in [-0.2, 0) is 0 Å². The van der Waals surface area contributed by atoms with Gasteiger partial charge in [0, 0.05) is 0 Å². The molecule has 0 aliphatic heterocycles. The van der Waals surface area contributed by atoms with Gasteiger partial charge in [-0.15, -0.1) is 0 Å². The van der Waals surface area contributed by atoms with Gasteiger partial charge in [0.05, 0.1) is 0 Å². The van der Waals surface area contributed by atoms with Crippen molar-refractivity contribution in [3.05, 3.63) is -0.0619 Å². The molecule has 0 spiro atoms. The molecule has 0 aromatic heterocycles. The molecule has 0 aromatic rings. The van der Waals surface area contributed by atoms with Crippen LogP contribution in [-0.4, -0.2) is 27.3 Å². The van der Waals surface area contributed by atoms with Gasteiger partial charge < -0.3 is 0 Å². The number of halogens is 3. The Hall–Kier alpha value is 3.11. The van der Waals surface area contributed by atoms with Gasteiger partial charge in [-0.3, -0.25) is 0 Å².